The van der Waals surface area contributed by atoms with Crippen molar-refractivity contribution in [2.24, 2.45) is 0 Å². The van der Waals surface area contributed by atoms with Gasteiger partial charge in [-0.05, 0) is 15.9 Å². The van der Waals surface area contributed by atoms with Gasteiger partial charge in [0.25, 0.3) is 0 Å². The molecule has 1 rings (SSSR count). The third-order valence-electron chi connectivity index (χ3n) is 0.573. The lowest BCUT2D eigenvalue weighted by molar-refractivity contribution is 1.22. The monoisotopic (exact) mass is 257 g/mol. The van der Waals surface area contributed by atoms with Crippen molar-refractivity contribution in [3.05, 3.63) is 15.0 Å². The van der Waals surface area contributed by atoms with Crippen molar-refractivity contribution >= 4 is 43.2 Å². The lowest BCUT2D eigenvalue weighted by Crippen LogP contribution is -1.71. The molecule has 0 spiro atoms. The second-order valence-corrected chi connectivity index (χ2v) is 3.61. The second-order valence-electron chi connectivity index (χ2n) is 1.08. The molecule has 4 heteroatoms. The normalized spacial score (nSPS) is 15.2. The molecule has 1 heterocycles. The van der Waals surface area contributed by atoms with Gasteiger partial charge in [0.15, 0.2) is 3.92 Å². The number of aromatic nitrogens is 1. The van der Waals surface area contributed by atoms with Crippen molar-refractivity contribution < 1.29 is 2.74 Å². The lowest BCUT2D eigenvalue weighted by atomic mass is 10.6. The van der Waals surface area contributed by atoms with Crippen LogP contribution in [-0.4, -0.2) is 4.98 Å². The zero-order chi connectivity index (χ0) is 7.78. The molecule has 0 bridgehead atoms. The summed E-state index contributed by atoms with van der Waals surface area (Å²) in [6.07, 6.45) is 0. The molecule has 0 unspecified atom stereocenters. The number of halogens is 2. The molecule has 0 fully saturated rings. The van der Waals surface area contributed by atoms with Gasteiger partial charge in [0, 0.05) is 13.4 Å². The van der Waals surface area contributed by atoms with Crippen LogP contribution in [0.1, 0.15) is 8.44 Å². The Hall–Kier alpha value is 0.590. The van der Waals surface area contributed by atoms with Gasteiger partial charge in [0.1, 0.15) is 0 Å². The fourth-order valence-electron chi connectivity index (χ4n) is 0.295. The Labute approximate surface area is 71.2 Å². The van der Waals surface area contributed by atoms with Gasteiger partial charge in [0.2, 0.25) is 0 Å². The second kappa shape index (κ2) is 2.94. The van der Waals surface area contributed by atoms with E-state index >= 15 is 0 Å². The average Bonchev–Trinajstić information content (AvgIpc) is 2.11. The minimum atomic E-state index is -1.50. The molecule has 0 amide bonds. The molecule has 44 valence electrons. The summed E-state index contributed by atoms with van der Waals surface area (Å²) in [7, 11) is 0. The van der Waals surface area contributed by atoms with Gasteiger partial charge in [-0.15, -0.1) is 11.3 Å². The summed E-state index contributed by atoms with van der Waals surface area (Å²) in [5, 5.41) is 0.161. The first-order chi connectivity index (χ1) is 4.50. The highest BCUT2D eigenvalue weighted by Gasteiger charge is 1.93. The quantitative estimate of drug-likeness (QED) is 0.706. The summed E-state index contributed by atoms with van der Waals surface area (Å²) in [6, 6.07) is 0. The Morgan fingerprint density at radius 3 is 3.00 bits per heavy atom. The Morgan fingerprint density at radius 1 is 2.00 bits per heavy atom. The van der Waals surface area contributed by atoms with Crippen molar-refractivity contribution in [3.63, 3.8) is 0 Å². The van der Waals surface area contributed by atoms with Gasteiger partial charge >= 0.3 is 0 Å². The van der Waals surface area contributed by atoms with Crippen LogP contribution in [0.2, 0.25) is 0 Å². The van der Waals surface area contributed by atoms with E-state index in [1.165, 1.54) is 11.3 Å². The van der Waals surface area contributed by atoms with E-state index in [9.17, 15) is 0 Å². The highest BCUT2D eigenvalue weighted by atomic mass is 79.9. The SMILES string of the molecule is [2H]C([2H])(Br)c1csc(Br)n1. The van der Waals surface area contributed by atoms with Crippen LogP contribution in [0.15, 0.2) is 9.30 Å². The number of alkyl halides is 1. The number of rotatable bonds is 1. The van der Waals surface area contributed by atoms with Crippen molar-refractivity contribution in [2.45, 2.75) is 5.28 Å². The van der Waals surface area contributed by atoms with Crippen LogP contribution < -0.4 is 0 Å². The van der Waals surface area contributed by atoms with E-state index in [0.717, 1.165) is 0 Å². The zero-order valence-electron chi connectivity index (χ0n) is 5.69. The minimum Gasteiger partial charge on any atom is -0.233 e. The van der Waals surface area contributed by atoms with Crippen molar-refractivity contribution in [3.8, 4) is 0 Å². The van der Waals surface area contributed by atoms with Crippen LogP contribution in [0, 0.1) is 0 Å². The molecule has 1 nitrogen and oxygen atoms in total. The summed E-state index contributed by atoms with van der Waals surface area (Å²) in [5.74, 6) is 0. The van der Waals surface area contributed by atoms with E-state index < -0.39 is 5.28 Å². The number of hydrogen-bond acceptors (Lipinski definition) is 2. The Morgan fingerprint density at radius 2 is 2.75 bits per heavy atom. The van der Waals surface area contributed by atoms with Crippen molar-refractivity contribution in [1.29, 1.82) is 0 Å². The number of thiazole rings is 1. The summed E-state index contributed by atoms with van der Waals surface area (Å²) >= 11 is 7.37. The third kappa shape index (κ3) is 1.53. The zero-order valence-corrected chi connectivity index (χ0v) is 7.68. The highest BCUT2D eigenvalue weighted by molar-refractivity contribution is 9.11. The fourth-order valence-corrected chi connectivity index (χ4v) is 1.59. The molecule has 8 heavy (non-hydrogen) atoms. The first-order valence-electron chi connectivity index (χ1n) is 2.80. The molecule has 0 aliphatic carbocycles. The van der Waals surface area contributed by atoms with Crippen LogP contribution in [0.25, 0.3) is 0 Å². The van der Waals surface area contributed by atoms with Crippen molar-refractivity contribution in [2.75, 3.05) is 0 Å². The van der Waals surface area contributed by atoms with Crippen molar-refractivity contribution in [1.82, 2.24) is 4.98 Å². The Bertz CT molecular complexity index is 231. The molecular weight excluding hydrogens is 254 g/mol. The first kappa shape index (κ1) is 4.41. The maximum atomic E-state index is 7.19. The van der Waals surface area contributed by atoms with E-state index in [4.69, 9.17) is 2.74 Å². The molecular formula is C4H3Br2NS. The van der Waals surface area contributed by atoms with E-state index in [1.54, 1.807) is 5.38 Å². The average molecular weight is 259 g/mol. The Balaban J connectivity index is 2.96. The molecule has 0 aliphatic heterocycles. The summed E-state index contributed by atoms with van der Waals surface area (Å²) in [6.45, 7) is 0. The largest absolute Gasteiger partial charge is 0.233 e. The van der Waals surface area contributed by atoms with E-state index in [0.29, 0.717) is 9.61 Å². The summed E-state index contributed by atoms with van der Waals surface area (Å²) < 4.78 is 15.1. The maximum absolute atomic E-state index is 7.19. The summed E-state index contributed by atoms with van der Waals surface area (Å²) in [4.78, 5) is 3.90. The Kier molecular flexibility index (Phi) is 1.62. The fraction of sp³-hybridized carbons (Fsp3) is 0.250. The molecule has 1 aromatic rings. The topological polar surface area (TPSA) is 12.9 Å². The van der Waals surface area contributed by atoms with Crippen LogP contribution >= 0.6 is 43.2 Å². The highest BCUT2D eigenvalue weighted by Crippen LogP contribution is 2.16. The standard InChI is InChI=1S/C4H3Br2NS/c5-1-3-2-8-4(6)7-3/h2H,1H2/i1D2. The van der Waals surface area contributed by atoms with Crippen LogP contribution in [0.5, 0.6) is 0 Å². The van der Waals surface area contributed by atoms with E-state index in [2.05, 4.69) is 36.8 Å². The van der Waals surface area contributed by atoms with Crippen LogP contribution in [-0.2, 0) is 5.28 Å². The lowest BCUT2D eigenvalue weighted by Gasteiger charge is -1.77. The molecule has 1 aromatic heterocycles. The van der Waals surface area contributed by atoms with E-state index in [1.807, 2.05) is 0 Å². The van der Waals surface area contributed by atoms with Gasteiger partial charge in [-0.25, -0.2) is 4.98 Å². The molecule has 0 radical (unpaired) electrons. The minimum absolute atomic E-state index is 0.407. The molecule has 0 aliphatic rings. The predicted molar refractivity (Wildman–Crippen MR) is 42.4 cm³/mol. The smallest absolute Gasteiger partial charge is 0.159 e. The van der Waals surface area contributed by atoms with Crippen LogP contribution in [0.3, 0.4) is 0 Å². The van der Waals surface area contributed by atoms with Crippen LogP contribution in [0.4, 0.5) is 0 Å². The maximum Gasteiger partial charge on any atom is 0.159 e. The molecule has 0 saturated carbocycles. The number of nitrogens with zero attached hydrogens (tertiary/aromatic N) is 1. The molecule has 0 aromatic carbocycles. The van der Waals surface area contributed by atoms with Gasteiger partial charge in [-0.1, -0.05) is 15.9 Å². The third-order valence-corrected chi connectivity index (χ3v) is 2.34. The van der Waals surface area contributed by atoms with Gasteiger partial charge in [0.05, 0.1) is 5.69 Å². The molecule has 0 saturated heterocycles. The molecule has 0 N–H and O–H groups in total. The summed E-state index contributed by atoms with van der Waals surface area (Å²) in [5.41, 5.74) is 0.407. The number of hydrogen-bond donors (Lipinski definition) is 0. The first-order valence-corrected chi connectivity index (χ1v) is 4.27. The van der Waals surface area contributed by atoms with Gasteiger partial charge in [-0.3, -0.25) is 0 Å². The van der Waals surface area contributed by atoms with E-state index in [-0.39, 0.29) is 0 Å². The van der Waals surface area contributed by atoms with Gasteiger partial charge in [-0.2, -0.15) is 0 Å². The predicted octanol–water partition coefficient (Wildman–Crippen LogP) is 2.80. The molecule has 0 atom stereocenters. The van der Waals surface area contributed by atoms with Gasteiger partial charge < -0.3 is 0 Å².